The van der Waals surface area contributed by atoms with Crippen molar-refractivity contribution in [1.82, 2.24) is 4.98 Å². The molecule has 2 nitrogen and oxygen atoms in total. The summed E-state index contributed by atoms with van der Waals surface area (Å²) in [5, 5.41) is 0.728. The largest absolute Gasteiger partial charge is 0.259 e. The van der Waals surface area contributed by atoms with Crippen LogP contribution < -0.4 is 0 Å². The number of rotatable bonds is 2. The van der Waals surface area contributed by atoms with Crippen LogP contribution in [0.5, 0.6) is 0 Å². The molecule has 1 fully saturated rings. The fourth-order valence-corrected chi connectivity index (χ4v) is 3.17. The number of carbonyl (C=O) groups excluding carboxylic acids is 1. The molecule has 1 aromatic heterocycles. The molecule has 0 N–H and O–H groups in total. The van der Waals surface area contributed by atoms with E-state index in [0.717, 1.165) is 36.4 Å². The molecule has 1 aliphatic rings. The van der Waals surface area contributed by atoms with Crippen LogP contribution >= 0.6 is 11.6 Å². The van der Waals surface area contributed by atoms with E-state index in [9.17, 15) is 4.79 Å². The Morgan fingerprint density at radius 2 is 2.47 bits per heavy atom. The van der Waals surface area contributed by atoms with Crippen LogP contribution in [0.25, 0.3) is 0 Å². The smallest absolute Gasteiger partial charge is 0.120 e. The lowest BCUT2D eigenvalue weighted by Crippen LogP contribution is -2.30. The molecule has 3 heteroatoms. The van der Waals surface area contributed by atoms with Crippen LogP contribution in [0, 0.1) is 5.92 Å². The normalized spacial score (nSPS) is 28.5. The first-order chi connectivity index (χ1) is 8.15. The third kappa shape index (κ3) is 2.59. The Hall–Kier alpha value is -1.11. The molecule has 2 unspecified atom stereocenters. The third-order valence-corrected chi connectivity index (χ3v) is 3.96. The van der Waals surface area contributed by atoms with Crippen LogP contribution in [0.1, 0.15) is 38.3 Å². The van der Waals surface area contributed by atoms with E-state index in [1.54, 1.807) is 12.3 Å². The summed E-state index contributed by atoms with van der Waals surface area (Å²) in [6, 6.07) is 3.73. The SMILES string of the molecule is CC1(c2ncccc2Cl)CCCC(C=C=O)C1. The Kier molecular flexibility index (Phi) is 3.66. The molecule has 0 aromatic carbocycles. The third-order valence-electron chi connectivity index (χ3n) is 3.65. The summed E-state index contributed by atoms with van der Waals surface area (Å²) in [4.78, 5) is 14.9. The topological polar surface area (TPSA) is 30.0 Å². The fraction of sp³-hybridized carbons (Fsp3) is 0.500. The summed E-state index contributed by atoms with van der Waals surface area (Å²) < 4.78 is 0. The first-order valence-corrected chi connectivity index (χ1v) is 6.35. The Labute approximate surface area is 107 Å². The van der Waals surface area contributed by atoms with Crippen molar-refractivity contribution in [1.29, 1.82) is 0 Å². The minimum absolute atomic E-state index is 0.0192. The van der Waals surface area contributed by atoms with Crippen LogP contribution in [0.15, 0.2) is 24.4 Å². The maximum atomic E-state index is 10.5. The standard InChI is InChI=1S/C14H16ClNO/c1-14(13-12(15)5-3-8-16-13)7-2-4-11(10-14)6-9-17/h3,5-6,8,11H,2,4,7,10H2,1H3. The number of nitrogens with zero attached hydrogens (tertiary/aromatic N) is 1. The Morgan fingerprint density at radius 1 is 1.65 bits per heavy atom. The van der Waals surface area contributed by atoms with E-state index in [-0.39, 0.29) is 5.41 Å². The van der Waals surface area contributed by atoms with Crippen LogP contribution in [0.4, 0.5) is 0 Å². The Bertz CT molecular complexity index is 453. The average molecular weight is 250 g/mol. The second kappa shape index (κ2) is 5.03. The van der Waals surface area contributed by atoms with Crippen molar-refractivity contribution in [3.63, 3.8) is 0 Å². The maximum absolute atomic E-state index is 10.5. The van der Waals surface area contributed by atoms with Crippen LogP contribution in [-0.4, -0.2) is 10.9 Å². The monoisotopic (exact) mass is 249 g/mol. The highest BCUT2D eigenvalue weighted by Gasteiger charge is 2.35. The van der Waals surface area contributed by atoms with Crippen LogP contribution in [0.3, 0.4) is 0 Å². The second-order valence-corrected chi connectivity index (χ2v) is 5.44. The number of aromatic nitrogens is 1. The van der Waals surface area contributed by atoms with Gasteiger partial charge < -0.3 is 0 Å². The number of hydrogen-bond donors (Lipinski definition) is 0. The van der Waals surface area contributed by atoms with Crippen molar-refractivity contribution in [3.05, 3.63) is 35.1 Å². The fourth-order valence-electron chi connectivity index (χ4n) is 2.82. The highest BCUT2D eigenvalue weighted by molar-refractivity contribution is 6.31. The predicted octanol–water partition coefficient (Wildman–Crippen LogP) is 3.57. The first kappa shape index (κ1) is 12.3. The van der Waals surface area contributed by atoms with E-state index in [0.29, 0.717) is 5.92 Å². The average Bonchev–Trinajstić information content (AvgIpc) is 2.30. The minimum Gasteiger partial charge on any atom is -0.259 e. The molecule has 0 radical (unpaired) electrons. The van der Waals surface area contributed by atoms with E-state index in [2.05, 4.69) is 11.9 Å². The van der Waals surface area contributed by atoms with Crippen molar-refractivity contribution in [3.8, 4) is 0 Å². The van der Waals surface area contributed by atoms with Gasteiger partial charge in [0.1, 0.15) is 5.94 Å². The van der Waals surface area contributed by atoms with Gasteiger partial charge in [-0.1, -0.05) is 24.9 Å². The van der Waals surface area contributed by atoms with Crippen molar-refractivity contribution < 1.29 is 4.79 Å². The molecule has 2 atom stereocenters. The van der Waals surface area contributed by atoms with Gasteiger partial charge in [-0.05, 0) is 37.3 Å². The van der Waals surface area contributed by atoms with Gasteiger partial charge in [0, 0.05) is 17.7 Å². The summed E-state index contributed by atoms with van der Waals surface area (Å²) >= 11 is 6.22. The van der Waals surface area contributed by atoms with Gasteiger partial charge in [0.05, 0.1) is 10.7 Å². The zero-order valence-electron chi connectivity index (χ0n) is 9.95. The number of pyridine rings is 1. The van der Waals surface area contributed by atoms with E-state index in [4.69, 9.17) is 11.6 Å². The van der Waals surface area contributed by atoms with Gasteiger partial charge in [-0.25, -0.2) is 4.79 Å². The molecule has 1 aromatic rings. The molecule has 0 amide bonds. The minimum atomic E-state index is -0.0192. The molecular weight excluding hydrogens is 234 g/mol. The number of halogens is 1. The quantitative estimate of drug-likeness (QED) is 0.750. The molecule has 0 spiro atoms. The van der Waals surface area contributed by atoms with Gasteiger partial charge in [-0.15, -0.1) is 0 Å². The summed E-state index contributed by atoms with van der Waals surface area (Å²) in [5.41, 5.74) is 0.944. The van der Waals surface area contributed by atoms with Gasteiger partial charge in [-0.2, -0.15) is 0 Å². The van der Waals surface area contributed by atoms with Crippen molar-refractivity contribution in [2.45, 2.75) is 38.0 Å². The molecule has 1 aliphatic carbocycles. The van der Waals surface area contributed by atoms with Crippen molar-refractivity contribution in [2.75, 3.05) is 0 Å². The number of hydrogen-bond acceptors (Lipinski definition) is 2. The molecule has 1 saturated carbocycles. The van der Waals surface area contributed by atoms with Gasteiger partial charge >= 0.3 is 0 Å². The predicted molar refractivity (Wildman–Crippen MR) is 68.8 cm³/mol. The van der Waals surface area contributed by atoms with Crippen LogP contribution in [-0.2, 0) is 10.2 Å². The highest BCUT2D eigenvalue weighted by Crippen LogP contribution is 2.43. The van der Waals surface area contributed by atoms with Crippen LogP contribution in [0.2, 0.25) is 5.02 Å². The highest BCUT2D eigenvalue weighted by atomic mass is 35.5. The van der Waals surface area contributed by atoms with E-state index in [1.165, 1.54) is 0 Å². The zero-order valence-corrected chi connectivity index (χ0v) is 10.7. The summed E-state index contributed by atoms with van der Waals surface area (Å²) in [6.07, 6.45) is 7.60. The van der Waals surface area contributed by atoms with Gasteiger partial charge in [-0.3, -0.25) is 4.98 Å². The molecular formula is C14H16ClNO. The lowest BCUT2D eigenvalue weighted by Gasteiger charge is -2.36. The lowest BCUT2D eigenvalue weighted by molar-refractivity contribution is 0.266. The molecule has 0 aliphatic heterocycles. The van der Waals surface area contributed by atoms with E-state index >= 15 is 0 Å². The summed E-state index contributed by atoms with van der Waals surface area (Å²) in [7, 11) is 0. The first-order valence-electron chi connectivity index (χ1n) is 5.98. The van der Waals surface area contributed by atoms with Crippen molar-refractivity contribution in [2.24, 2.45) is 5.92 Å². The number of allylic oxidation sites excluding steroid dienone is 1. The zero-order chi connectivity index (χ0) is 12.3. The van der Waals surface area contributed by atoms with Gasteiger partial charge in [0.2, 0.25) is 0 Å². The second-order valence-electron chi connectivity index (χ2n) is 5.04. The van der Waals surface area contributed by atoms with Gasteiger partial charge in [0.15, 0.2) is 0 Å². The summed E-state index contributed by atoms with van der Waals surface area (Å²) in [5.74, 6) is 2.22. The molecule has 0 saturated heterocycles. The molecule has 2 rings (SSSR count). The van der Waals surface area contributed by atoms with Gasteiger partial charge in [0.25, 0.3) is 0 Å². The summed E-state index contributed by atoms with van der Waals surface area (Å²) in [6.45, 7) is 2.19. The molecule has 17 heavy (non-hydrogen) atoms. The molecule has 90 valence electrons. The molecule has 1 heterocycles. The maximum Gasteiger partial charge on any atom is 0.120 e. The molecule has 0 bridgehead atoms. The lowest BCUT2D eigenvalue weighted by atomic mass is 9.69. The Morgan fingerprint density at radius 3 is 3.18 bits per heavy atom. The Balaban J connectivity index is 2.29. The van der Waals surface area contributed by atoms with Crippen molar-refractivity contribution >= 4 is 17.5 Å². The van der Waals surface area contributed by atoms with E-state index < -0.39 is 0 Å². The van der Waals surface area contributed by atoms with E-state index in [1.807, 2.05) is 18.1 Å².